The fraction of sp³-hybridized carbons (Fsp3) is 0.267. The van der Waals surface area contributed by atoms with Gasteiger partial charge in [-0.25, -0.2) is 18.3 Å². The van der Waals surface area contributed by atoms with Crippen LogP contribution >= 0.6 is 0 Å². The predicted molar refractivity (Wildman–Crippen MR) is 145 cm³/mol. The maximum atomic E-state index is 5.12. The summed E-state index contributed by atoms with van der Waals surface area (Å²) in [7, 11) is 8.30. The largest absolute Gasteiger partial charge is 2.00 e. The molecule has 0 aliphatic carbocycles. The number of nitrogens with zero attached hydrogens (tertiary/aromatic N) is 8. The topological polar surface area (TPSA) is 71.6 Å². The molecular formula is C30H30N8Zn+2. The van der Waals surface area contributed by atoms with Crippen LogP contribution in [0.15, 0.2) is 61.2 Å². The summed E-state index contributed by atoms with van der Waals surface area (Å²) < 4.78 is 8.57. The first kappa shape index (κ1) is 25.4. The van der Waals surface area contributed by atoms with Crippen molar-refractivity contribution < 1.29 is 28.6 Å². The number of hydrogen-bond donors (Lipinski definition) is 0. The normalized spacial score (nSPS) is 13.0. The van der Waals surface area contributed by atoms with Crippen molar-refractivity contribution in [3.8, 4) is 22.8 Å². The minimum absolute atomic E-state index is 0. The zero-order valence-corrected chi connectivity index (χ0v) is 25.9. The van der Waals surface area contributed by atoms with E-state index in [1.54, 1.807) is 0 Å². The van der Waals surface area contributed by atoms with E-state index in [1.165, 1.54) is 0 Å². The van der Waals surface area contributed by atoms with Gasteiger partial charge in [-0.3, -0.25) is 9.97 Å². The molecule has 7 heterocycles. The Kier molecular flexibility index (Phi) is 6.34. The molecule has 39 heavy (non-hydrogen) atoms. The van der Waals surface area contributed by atoms with Crippen molar-refractivity contribution >= 4 is 22.1 Å². The van der Waals surface area contributed by atoms with Crippen molar-refractivity contribution in [1.29, 1.82) is 0 Å². The van der Waals surface area contributed by atoms with Crippen LogP contribution < -0.4 is 19.1 Å². The van der Waals surface area contributed by atoms with Crippen LogP contribution in [0.1, 0.15) is 22.8 Å². The van der Waals surface area contributed by atoms with Gasteiger partial charge in [0.2, 0.25) is 0 Å². The summed E-state index contributed by atoms with van der Waals surface area (Å²) in [6.45, 7) is 0. The molecule has 0 saturated heterocycles. The zero-order valence-electron chi connectivity index (χ0n) is 22.9. The molecular weight excluding hydrogens is 538 g/mol. The van der Waals surface area contributed by atoms with Crippen molar-refractivity contribution in [2.24, 2.45) is 28.2 Å². The van der Waals surface area contributed by atoms with E-state index in [1.807, 2.05) is 0 Å². The SMILES string of the molecule is Cn1cc[n+](C)c1-c1c2nc(cc3ccc([n-]3)c(-c3n(C)cc[n+]3C)c3nc(cc4ccc1[n-]4)CC3)CC2.[Zn+2]. The Morgan fingerprint density at radius 3 is 1.49 bits per heavy atom. The Hall–Kier alpha value is -3.84. The number of fused-ring (bicyclic) bond motifs is 8. The molecule has 2 aliphatic heterocycles. The molecule has 5 aromatic rings. The number of imidazole rings is 2. The van der Waals surface area contributed by atoms with Crippen molar-refractivity contribution in [2.75, 3.05) is 0 Å². The van der Waals surface area contributed by atoms with E-state index in [0.717, 1.165) is 93.3 Å². The van der Waals surface area contributed by atoms with Crippen LogP contribution in [0.3, 0.4) is 0 Å². The van der Waals surface area contributed by atoms with Crippen LogP contribution in [0.2, 0.25) is 0 Å². The van der Waals surface area contributed by atoms with Gasteiger partial charge in [0.05, 0.1) is 50.7 Å². The Labute approximate surface area is 239 Å². The quantitative estimate of drug-likeness (QED) is 0.243. The fourth-order valence-electron chi connectivity index (χ4n) is 5.84. The summed E-state index contributed by atoms with van der Waals surface area (Å²) in [5, 5.41) is 0. The summed E-state index contributed by atoms with van der Waals surface area (Å²) >= 11 is 0. The van der Waals surface area contributed by atoms with E-state index in [2.05, 4.69) is 108 Å². The first-order valence-corrected chi connectivity index (χ1v) is 13.1. The molecule has 9 heteroatoms. The Morgan fingerprint density at radius 1 is 0.667 bits per heavy atom. The van der Waals surface area contributed by atoms with E-state index in [9.17, 15) is 0 Å². The van der Waals surface area contributed by atoms with Crippen LogP contribution in [0.5, 0.6) is 0 Å². The van der Waals surface area contributed by atoms with Crippen LogP contribution in [0.4, 0.5) is 0 Å². The summed E-state index contributed by atoms with van der Waals surface area (Å²) in [4.78, 5) is 20.4. The summed E-state index contributed by atoms with van der Waals surface area (Å²) in [6.07, 6.45) is 11.8. The van der Waals surface area contributed by atoms with Gasteiger partial charge in [-0.05, 0) is 25.7 Å². The number of hydrogen-bond acceptors (Lipinski definition) is 2. The Balaban J connectivity index is 0.00000277. The predicted octanol–water partition coefficient (Wildman–Crippen LogP) is 2.80. The first-order chi connectivity index (χ1) is 18.4. The molecule has 0 aromatic carbocycles. The maximum absolute atomic E-state index is 5.12. The summed E-state index contributed by atoms with van der Waals surface area (Å²) in [5.41, 5.74) is 10.1. The second-order valence-corrected chi connectivity index (χ2v) is 10.3. The number of aryl methyl sites for hydroxylation is 8. The molecule has 8 bridgehead atoms. The van der Waals surface area contributed by atoms with Crippen molar-refractivity contribution in [1.82, 2.24) is 29.1 Å². The molecule has 0 atom stereocenters. The standard InChI is InChI=1S/C30H30N8.Zn/c1-35-13-14-36(2)29(35)27-23-9-5-19(31-23)17-21-7-11-25(33-21)28(30-37(3)15-16-38(30)4)26-12-8-22(34-26)18-20-6-10-24(27)32-20;/h5,8-9,12-18H,6-7,10-11H2,1-4H3;/q;+2. The minimum atomic E-state index is 0. The summed E-state index contributed by atoms with van der Waals surface area (Å²) in [5.74, 6) is 2.18. The van der Waals surface area contributed by atoms with Gasteiger partial charge in [0.15, 0.2) is 0 Å². The van der Waals surface area contributed by atoms with Gasteiger partial charge in [-0.15, -0.1) is 22.1 Å². The Morgan fingerprint density at radius 2 is 1.10 bits per heavy atom. The van der Waals surface area contributed by atoms with Crippen molar-refractivity contribution in [3.63, 3.8) is 0 Å². The average Bonchev–Trinajstić information content (AvgIpc) is 3.73. The van der Waals surface area contributed by atoms with E-state index >= 15 is 0 Å². The van der Waals surface area contributed by atoms with Crippen LogP contribution in [0.25, 0.3) is 44.8 Å². The minimum Gasteiger partial charge on any atom is -0.657 e. The molecule has 7 rings (SSSR count). The van der Waals surface area contributed by atoms with E-state index < -0.39 is 0 Å². The van der Waals surface area contributed by atoms with Crippen LogP contribution in [-0.4, -0.2) is 19.1 Å². The third-order valence-electron chi connectivity index (χ3n) is 7.65. The molecule has 0 N–H and O–H groups in total. The third-order valence-corrected chi connectivity index (χ3v) is 7.65. The first-order valence-electron chi connectivity index (χ1n) is 13.1. The van der Waals surface area contributed by atoms with Gasteiger partial charge in [-0.2, -0.15) is 0 Å². The third kappa shape index (κ3) is 4.35. The van der Waals surface area contributed by atoms with Crippen molar-refractivity contribution in [2.45, 2.75) is 25.7 Å². The molecule has 0 amide bonds. The smallest absolute Gasteiger partial charge is 0.657 e. The van der Waals surface area contributed by atoms with Gasteiger partial charge in [0.1, 0.15) is 24.8 Å². The number of rotatable bonds is 2. The molecule has 2 aliphatic rings. The average molecular weight is 568 g/mol. The van der Waals surface area contributed by atoms with Gasteiger partial charge in [0, 0.05) is 11.4 Å². The number of aromatic nitrogens is 8. The zero-order chi connectivity index (χ0) is 26.0. The molecule has 5 aromatic heterocycles. The molecule has 190 valence electrons. The molecule has 8 nitrogen and oxygen atoms in total. The molecule has 0 spiro atoms. The fourth-order valence-corrected chi connectivity index (χ4v) is 5.84. The van der Waals surface area contributed by atoms with Gasteiger partial charge in [-0.1, -0.05) is 36.4 Å². The molecule has 0 radical (unpaired) electrons. The Bertz CT molecular complexity index is 1710. The van der Waals surface area contributed by atoms with Gasteiger partial charge < -0.3 is 9.97 Å². The van der Waals surface area contributed by atoms with E-state index in [-0.39, 0.29) is 19.5 Å². The second kappa shape index (κ2) is 9.72. The maximum Gasteiger partial charge on any atom is 2.00 e. The van der Waals surface area contributed by atoms with Gasteiger partial charge >= 0.3 is 19.5 Å². The monoisotopic (exact) mass is 566 g/mol. The van der Waals surface area contributed by atoms with E-state index in [4.69, 9.17) is 19.9 Å². The molecule has 0 unspecified atom stereocenters. The van der Waals surface area contributed by atoms with E-state index in [0.29, 0.717) is 0 Å². The summed E-state index contributed by atoms with van der Waals surface area (Å²) in [6, 6.07) is 12.7. The second-order valence-electron chi connectivity index (χ2n) is 10.3. The van der Waals surface area contributed by atoms with Crippen LogP contribution in [-0.2, 0) is 73.4 Å². The van der Waals surface area contributed by atoms with Gasteiger partial charge in [0.25, 0.3) is 11.6 Å². The van der Waals surface area contributed by atoms with Crippen molar-refractivity contribution in [3.05, 3.63) is 84.0 Å². The van der Waals surface area contributed by atoms with Crippen LogP contribution in [0, 0.1) is 0 Å². The molecule has 0 fully saturated rings. The molecule has 0 saturated carbocycles.